The third-order valence-corrected chi connectivity index (χ3v) is 5.31. The van der Waals surface area contributed by atoms with E-state index in [1.54, 1.807) is 25.0 Å². The highest BCUT2D eigenvalue weighted by molar-refractivity contribution is 8.13. The second kappa shape index (κ2) is 13.9. The summed E-state index contributed by atoms with van der Waals surface area (Å²) in [5.74, 6) is 0.996. The van der Waals surface area contributed by atoms with E-state index in [1.807, 2.05) is 31.2 Å². The van der Waals surface area contributed by atoms with Crippen LogP contribution in [0.5, 0.6) is 0 Å². The molecule has 6 heteroatoms. The molecule has 0 saturated heterocycles. The van der Waals surface area contributed by atoms with Gasteiger partial charge in [0.25, 0.3) is 0 Å². The standard InChI is InChI=1S/C23H34N4OS/c1-7-10-15-23(28)27(26-24-6)21-14-11-13-19(18(4)5)20(21)17-29-22(12-8-2)25-16-9-3/h8-9,11,13-14,16,18H,2,7,10,12,15,17H2,1,3-6H3/b16-9-,25-22?,26-24?. The van der Waals surface area contributed by atoms with Gasteiger partial charge in [-0.25, -0.2) is 0 Å². The molecule has 0 atom stereocenters. The van der Waals surface area contributed by atoms with Crippen molar-refractivity contribution in [3.05, 3.63) is 54.3 Å². The molecule has 0 spiro atoms. The van der Waals surface area contributed by atoms with Crippen molar-refractivity contribution in [2.75, 3.05) is 12.1 Å². The van der Waals surface area contributed by atoms with Gasteiger partial charge in [0.2, 0.25) is 5.91 Å². The topological polar surface area (TPSA) is 57.4 Å². The molecule has 0 aliphatic carbocycles. The maximum absolute atomic E-state index is 12.8. The molecule has 29 heavy (non-hydrogen) atoms. The van der Waals surface area contributed by atoms with Crippen LogP contribution in [-0.4, -0.2) is 18.0 Å². The minimum absolute atomic E-state index is 0.0292. The first-order valence-electron chi connectivity index (χ1n) is 10.2. The summed E-state index contributed by atoms with van der Waals surface area (Å²) in [5, 5.41) is 10.5. The Balaban J connectivity index is 3.35. The molecule has 1 rings (SSSR count). The van der Waals surface area contributed by atoms with Crippen LogP contribution in [0.3, 0.4) is 0 Å². The number of amides is 1. The molecule has 0 fully saturated rings. The molecule has 1 aromatic carbocycles. The van der Waals surface area contributed by atoms with Crippen molar-refractivity contribution in [2.45, 2.75) is 65.0 Å². The van der Waals surface area contributed by atoms with E-state index in [9.17, 15) is 4.79 Å². The van der Waals surface area contributed by atoms with Crippen molar-refractivity contribution in [2.24, 2.45) is 15.3 Å². The highest BCUT2D eigenvalue weighted by Crippen LogP contribution is 2.33. The number of hydrogen-bond acceptors (Lipinski definition) is 5. The predicted octanol–water partition coefficient (Wildman–Crippen LogP) is 7.07. The van der Waals surface area contributed by atoms with Crippen molar-refractivity contribution in [3.63, 3.8) is 0 Å². The molecular weight excluding hydrogens is 380 g/mol. The smallest absolute Gasteiger partial charge is 0.248 e. The van der Waals surface area contributed by atoms with Crippen LogP contribution < -0.4 is 5.01 Å². The second-order valence-corrected chi connectivity index (χ2v) is 7.93. The van der Waals surface area contributed by atoms with Crippen LogP contribution in [0.25, 0.3) is 0 Å². The molecule has 5 nitrogen and oxygen atoms in total. The number of anilines is 1. The molecule has 0 unspecified atom stereocenters. The highest BCUT2D eigenvalue weighted by atomic mass is 32.2. The van der Waals surface area contributed by atoms with Gasteiger partial charge in [0.1, 0.15) is 0 Å². The van der Waals surface area contributed by atoms with Crippen LogP contribution in [0.2, 0.25) is 0 Å². The van der Waals surface area contributed by atoms with Gasteiger partial charge >= 0.3 is 0 Å². The summed E-state index contributed by atoms with van der Waals surface area (Å²) in [7, 11) is 1.59. The number of aliphatic imine (C=N–C) groups is 1. The van der Waals surface area contributed by atoms with Crippen molar-refractivity contribution in [3.8, 4) is 0 Å². The quantitative estimate of drug-likeness (QED) is 0.128. The summed E-state index contributed by atoms with van der Waals surface area (Å²) in [6, 6.07) is 6.07. The first-order chi connectivity index (χ1) is 14.0. The van der Waals surface area contributed by atoms with Crippen molar-refractivity contribution in [1.82, 2.24) is 0 Å². The Morgan fingerprint density at radius 3 is 2.69 bits per heavy atom. The summed E-state index contributed by atoms with van der Waals surface area (Å²) in [6.07, 6.45) is 8.53. The molecule has 0 saturated carbocycles. The van der Waals surface area contributed by atoms with Gasteiger partial charge in [-0.05, 0) is 36.5 Å². The first kappa shape index (κ1) is 24.8. The monoisotopic (exact) mass is 414 g/mol. The number of carbonyl (C=O) groups is 1. The van der Waals surface area contributed by atoms with Gasteiger partial charge in [-0.2, -0.15) is 10.1 Å². The summed E-state index contributed by atoms with van der Waals surface area (Å²) in [5.41, 5.74) is 3.11. The fourth-order valence-corrected chi connectivity index (χ4v) is 3.83. The molecule has 0 N–H and O–H groups in total. The summed E-state index contributed by atoms with van der Waals surface area (Å²) < 4.78 is 0. The van der Waals surface area contributed by atoms with Crippen LogP contribution >= 0.6 is 11.8 Å². The zero-order valence-corrected chi connectivity index (χ0v) is 19.2. The molecule has 0 heterocycles. The van der Waals surface area contributed by atoms with Crippen LogP contribution in [0, 0.1) is 0 Å². The van der Waals surface area contributed by atoms with Gasteiger partial charge in [-0.15, -0.1) is 18.3 Å². The zero-order valence-electron chi connectivity index (χ0n) is 18.4. The SMILES string of the molecule is C=CCC(=N/C=C\C)SCc1c(C(C)C)cccc1N(N=NC)C(=O)CCCC. The summed E-state index contributed by atoms with van der Waals surface area (Å²) in [4.78, 5) is 17.3. The van der Waals surface area contributed by atoms with E-state index in [0.717, 1.165) is 29.1 Å². The lowest BCUT2D eigenvalue weighted by Gasteiger charge is -2.23. The minimum Gasteiger partial charge on any atom is -0.273 e. The Kier molecular flexibility index (Phi) is 11.9. The Hall–Kier alpha value is -2.21. The van der Waals surface area contributed by atoms with E-state index >= 15 is 0 Å². The van der Waals surface area contributed by atoms with E-state index in [1.165, 1.54) is 10.6 Å². The Morgan fingerprint density at radius 2 is 2.10 bits per heavy atom. The number of unbranched alkanes of at least 4 members (excludes halogenated alkanes) is 1. The van der Waals surface area contributed by atoms with Crippen LogP contribution in [0.15, 0.2) is 58.5 Å². The lowest BCUT2D eigenvalue weighted by molar-refractivity contribution is -0.118. The summed E-state index contributed by atoms with van der Waals surface area (Å²) >= 11 is 1.67. The summed E-state index contributed by atoms with van der Waals surface area (Å²) in [6.45, 7) is 12.2. The largest absolute Gasteiger partial charge is 0.273 e. The molecule has 0 aliphatic heterocycles. The van der Waals surface area contributed by atoms with Crippen molar-refractivity contribution in [1.29, 1.82) is 0 Å². The number of thioether (sulfide) groups is 1. The first-order valence-corrected chi connectivity index (χ1v) is 11.1. The van der Waals surface area contributed by atoms with Gasteiger partial charge in [-0.1, -0.05) is 56.7 Å². The fourth-order valence-electron chi connectivity index (χ4n) is 2.83. The average molecular weight is 415 g/mol. The number of hydrogen-bond donors (Lipinski definition) is 0. The van der Waals surface area contributed by atoms with Crippen LogP contribution in [0.4, 0.5) is 5.69 Å². The van der Waals surface area contributed by atoms with Crippen molar-refractivity contribution < 1.29 is 4.79 Å². The average Bonchev–Trinajstić information content (AvgIpc) is 2.72. The molecule has 1 amide bonds. The van der Waals surface area contributed by atoms with E-state index < -0.39 is 0 Å². The number of benzene rings is 1. The van der Waals surface area contributed by atoms with Gasteiger partial charge in [0.05, 0.1) is 17.8 Å². The molecule has 1 aromatic rings. The predicted molar refractivity (Wildman–Crippen MR) is 127 cm³/mol. The van der Waals surface area contributed by atoms with E-state index in [4.69, 9.17) is 0 Å². The van der Waals surface area contributed by atoms with E-state index in [0.29, 0.717) is 24.5 Å². The van der Waals surface area contributed by atoms with Gasteiger partial charge in [0.15, 0.2) is 0 Å². The molecule has 0 aromatic heterocycles. The third-order valence-electron chi connectivity index (χ3n) is 4.27. The molecule has 158 valence electrons. The van der Waals surface area contributed by atoms with E-state index in [2.05, 4.69) is 48.7 Å². The maximum Gasteiger partial charge on any atom is 0.248 e. The van der Waals surface area contributed by atoms with Gasteiger partial charge < -0.3 is 0 Å². The number of rotatable bonds is 11. The maximum atomic E-state index is 12.8. The van der Waals surface area contributed by atoms with Gasteiger partial charge in [0, 0.05) is 24.8 Å². The lowest BCUT2D eigenvalue weighted by atomic mass is 9.96. The molecule has 0 aliphatic rings. The second-order valence-electron chi connectivity index (χ2n) is 6.88. The van der Waals surface area contributed by atoms with Crippen LogP contribution in [0.1, 0.15) is 70.4 Å². The lowest BCUT2D eigenvalue weighted by Crippen LogP contribution is -2.26. The highest BCUT2D eigenvalue weighted by Gasteiger charge is 2.21. The number of allylic oxidation sites excluding steroid dienone is 2. The van der Waals surface area contributed by atoms with Crippen molar-refractivity contribution >= 4 is 28.4 Å². The Bertz CT molecular complexity index is 753. The van der Waals surface area contributed by atoms with E-state index in [-0.39, 0.29) is 5.91 Å². The minimum atomic E-state index is -0.0292. The number of nitrogens with zero attached hydrogens (tertiary/aromatic N) is 4. The Morgan fingerprint density at radius 1 is 1.34 bits per heavy atom. The molecule has 0 bridgehead atoms. The fraction of sp³-hybridized carbons (Fsp3) is 0.478. The van der Waals surface area contributed by atoms with Crippen LogP contribution in [-0.2, 0) is 10.5 Å². The van der Waals surface area contributed by atoms with Gasteiger partial charge in [-0.3, -0.25) is 9.79 Å². The molecular formula is C23H34N4OS. The Labute approximate surface area is 180 Å². The normalized spacial score (nSPS) is 12.3. The molecule has 0 radical (unpaired) electrons. The zero-order chi connectivity index (χ0) is 21.6. The number of carbonyl (C=O) groups excluding carboxylic acids is 1. The third kappa shape index (κ3) is 7.97.